The standard InChI is InChI=1S/C17H11FN4O2S/c18-11-7-5-10(6-8-11)9-14-21-22-17(24-14)20-15(23)16-19-12-3-1-2-4-13(12)25-16/h1-8H,9H2,(H,20,22,23). The summed E-state index contributed by atoms with van der Waals surface area (Å²) in [5.74, 6) is -0.387. The molecule has 0 atom stereocenters. The van der Waals surface area contributed by atoms with Crippen molar-refractivity contribution >= 4 is 33.5 Å². The lowest BCUT2D eigenvalue weighted by molar-refractivity contribution is 0.102. The van der Waals surface area contributed by atoms with Crippen LogP contribution in [0.15, 0.2) is 52.9 Å². The van der Waals surface area contributed by atoms with Gasteiger partial charge in [-0.25, -0.2) is 9.37 Å². The quantitative estimate of drug-likeness (QED) is 0.605. The summed E-state index contributed by atoms with van der Waals surface area (Å²) in [5, 5.41) is 10.5. The second kappa shape index (κ2) is 6.40. The highest BCUT2D eigenvalue weighted by Gasteiger charge is 2.15. The zero-order chi connectivity index (χ0) is 17.2. The molecule has 0 fully saturated rings. The molecule has 2 aromatic heterocycles. The molecule has 0 aliphatic heterocycles. The molecule has 4 aromatic rings. The van der Waals surface area contributed by atoms with Gasteiger partial charge in [-0.3, -0.25) is 10.1 Å². The lowest BCUT2D eigenvalue weighted by Gasteiger charge is -1.97. The normalized spacial score (nSPS) is 10.9. The fourth-order valence-corrected chi connectivity index (χ4v) is 3.13. The van der Waals surface area contributed by atoms with Crippen LogP contribution in [0.1, 0.15) is 21.3 Å². The molecule has 0 radical (unpaired) electrons. The molecule has 2 heterocycles. The maximum absolute atomic E-state index is 12.9. The number of hydrogen-bond acceptors (Lipinski definition) is 6. The van der Waals surface area contributed by atoms with Gasteiger partial charge in [-0.1, -0.05) is 29.4 Å². The third-order valence-electron chi connectivity index (χ3n) is 3.44. The number of nitrogens with zero attached hydrogens (tertiary/aromatic N) is 3. The minimum Gasteiger partial charge on any atom is -0.407 e. The van der Waals surface area contributed by atoms with Crippen molar-refractivity contribution in [3.8, 4) is 0 Å². The predicted molar refractivity (Wildman–Crippen MR) is 91.1 cm³/mol. The van der Waals surface area contributed by atoms with Crippen molar-refractivity contribution in [3.05, 3.63) is 70.8 Å². The van der Waals surface area contributed by atoms with Gasteiger partial charge in [0.2, 0.25) is 5.89 Å². The predicted octanol–water partition coefficient (Wildman–Crippen LogP) is 3.66. The minimum absolute atomic E-state index is 0.00127. The molecule has 25 heavy (non-hydrogen) atoms. The van der Waals surface area contributed by atoms with E-state index in [2.05, 4.69) is 20.5 Å². The Hall–Kier alpha value is -3.13. The van der Waals surface area contributed by atoms with E-state index < -0.39 is 5.91 Å². The van der Waals surface area contributed by atoms with Gasteiger partial charge >= 0.3 is 6.01 Å². The Kier molecular flexibility index (Phi) is 3.95. The first-order chi connectivity index (χ1) is 12.2. The fraction of sp³-hybridized carbons (Fsp3) is 0.0588. The molecule has 2 aromatic carbocycles. The number of hydrogen-bond donors (Lipinski definition) is 1. The van der Waals surface area contributed by atoms with Crippen molar-refractivity contribution in [2.24, 2.45) is 0 Å². The van der Waals surface area contributed by atoms with Crippen LogP contribution in [0.2, 0.25) is 0 Å². The van der Waals surface area contributed by atoms with Crippen molar-refractivity contribution in [3.63, 3.8) is 0 Å². The van der Waals surface area contributed by atoms with E-state index in [0.29, 0.717) is 17.3 Å². The maximum atomic E-state index is 12.9. The van der Waals surface area contributed by atoms with Gasteiger partial charge in [0.1, 0.15) is 5.82 Å². The third-order valence-corrected chi connectivity index (χ3v) is 4.48. The van der Waals surface area contributed by atoms with E-state index in [-0.39, 0.29) is 11.8 Å². The summed E-state index contributed by atoms with van der Waals surface area (Å²) in [6.07, 6.45) is 0.351. The van der Waals surface area contributed by atoms with E-state index in [9.17, 15) is 9.18 Å². The summed E-state index contributed by atoms with van der Waals surface area (Å²) in [6.45, 7) is 0. The number of nitrogens with one attached hydrogen (secondary N) is 1. The van der Waals surface area contributed by atoms with E-state index >= 15 is 0 Å². The van der Waals surface area contributed by atoms with Crippen LogP contribution < -0.4 is 5.32 Å². The Morgan fingerprint density at radius 1 is 1.12 bits per heavy atom. The highest BCUT2D eigenvalue weighted by molar-refractivity contribution is 7.20. The Labute approximate surface area is 145 Å². The summed E-state index contributed by atoms with van der Waals surface area (Å²) in [4.78, 5) is 16.5. The van der Waals surface area contributed by atoms with E-state index in [1.165, 1.54) is 23.5 Å². The SMILES string of the molecule is O=C(Nc1nnc(Cc2ccc(F)cc2)o1)c1nc2ccccc2s1. The second-order valence-corrected chi connectivity index (χ2v) is 6.28. The average molecular weight is 354 g/mol. The molecule has 0 spiro atoms. The molecular formula is C17H11FN4O2S. The Bertz CT molecular complexity index is 1010. The maximum Gasteiger partial charge on any atom is 0.322 e. The summed E-state index contributed by atoms with van der Waals surface area (Å²) >= 11 is 1.29. The van der Waals surface area contributed by atoms with Gasteiger partial charge in [-0.15, -0.1) is 16.4 Å². The molecule has 124 valence electrons. The lowest BCUT2D eigenvalue weighted by atomic mass is 10.1. The van der Waals surface area contributed by atoms with Crippen LogP contribution in [-0.2, 0) is 6.42 Å². The summed E-state index contributed by atoms with van der Waals surface area (Å²) in [7, 11) is 0. The summed E-state index contributed by atoms with van der Waals surface area (Å²) in [6, 6.07) is 13.5. The summed E-state index contributed by atoms with van der Waals surface area (Å²) in [5.41, 5.74) is 1.59. The molecular weight excluding hydrogens is 343 g/mol. The summed E-state index contributed by atoms with van der Waals surface area (Å²) < 4.78 is 19.2. The molecule has 0 aliphatic rings. The Balaban J connectivity index is 1.46. The van der Waals surface area contributed by atoms with Gasteiger partial charge in [0.25, 0.3) is 5.91 Å². The minimum atomic E-state index is -0.404. The molecule has 1 N–H and O–H groups in total. The van der Waals surface area contributed by atoms with Crippen LogP contribution in [-0.4, -0.2) is 21.1 Å². The highest BCUT2D eigenvalue weighted by atomic mass is 32.1. The van der Waals surface area contributed by atoms with Crippen LogP contribution in [0, 0.1) is 5.82 Å². The van der Waals surface area contributed by atoms with Crippen molar-refractivity contribution < 1.29 is 13.6 Å². The number of thiazole rings is 1. The number of carbonyl (C=O) groups is 1. The van der Waals surface area contributed by atoms with Gasteiger partial charge < -0.3 is 4.42 Å². The van der Waals surface area contributed by atoms with Crippen LogP contribution in [0.25, 0.3) is 10.2 Å². The first-order valence-corrected chi connectivity index (χ1v) is 8.23. The first-order valence-electron chi connectivity index (χ1n) is 7.41. The van der Waals surface area contributed by atoms with Crippen LogP contribution in [0.3, 0.4) is 0 Å². The van der Waals surface area contributed by atoms with Gasteiger partial charge in [0.15, 0.2) is 5.01 Å². The van der Waals surface area contributed by atoms with Crippen LogP contribution in [0.5, 0.6) is 0 Å². The van der Waals surface area contributed by atoms with Gasteiger partial charge in [0.05, 0.1) is 16.6 Å². The van der Waals surface area contributed by atoms with Crippen molar-refractivity contribution in [1.82, 2.24) is 15.2 Å². The number of aromatic nitrogens is 3. The Morgan fingerprint density at radius 2 is 1.92 bits per heavy atom. The monoisotopic (exact) mass is 354 g/mol. The van der Waals surface area contributed by atoms with E-state index in [0.717, 1.165) is 15.8 Å². The number of rotatable bonds is 4. The van der Waals surface area contributed by atoms with Crippen LogP contribution in [0.4, 0.5) is 10.4 Å². The Morgan fingerprint density at radius 3 is 2.72 bits per heavy atom. The van der Waals surface area contributed by atoms with Crippen molar-refractivity contribution in [1.29, 1.82) is 0 Å². The molecule has 1 amide bonds. The van der Waals surface area contributed by atoms with Crippen molar-refractivity contribution in [2.75, 3.05) is 5.32 Å². The van der Waals surface area contributed by atoms with Gasteiger partial charge in [-0.2, -0.15) is 0 Å². The number of anilines is 1. The molecule has 8 heteroatoms. The molecule has 0 aliphatic carbocycles. The second-order valence-electron chi connectivity index (χ2n) is 5.25. The topological polar surface area (TPSA) is 80.9 Å². The number of halogens is 1. The number of benzene rings is 2. The first kappa shape index (κ1) is 15.4. The van der Waals surface area contributed by atoms with E-state index in [1.807, 2.05) is 24.3 Å². The number of fused-ring (bicyclic) bond motifs is 1. The highest BCUT2D eigenvalue weighted by Crippen LogP contribution is 2.22. The smallest absolute Gasteiger partial charge is 0.322 e. The lowest BCUT2D eigenvalue weighted by Crippen LogP contribution is -2.11. The molecule has 0 bridgehead atoms. The number of carbonyl (C=O) groups excluding carboxylic acids is 1. The third kappa shape index (κ3) is 3.38. The number of para-hydroxylation sites is 1. The molecule has 4 rings (SSSR count). The largest absolute Gasteiger partial charge is 0.407 e. The van der Waals surface area contributed by atoms with Gasteiger partial charge in [0, 0.05) is 0 Å². The molecule has 0 saturated heterocycles. The van der Waals surface area contributed by atoms with Crippen LogP contribution >= 0.6 is 11.3 Å². The number of amides is 1. The average Bonchev–Trinajstić information content (AvgIpc) is 3.23. The van der Waals surface area contributed by atoms with Crippen molar-refractivity contribution in [2.45, 2.75) is 6.42 Å². The van der Waals surface area contributed by atoms with E-state index in [1.54, 1.807) is 12.1 Å². The molecule has 0 unspecified atom stereocenters. The fourth-order valence-electron chi connectivity index (χ4n) is 2.27. The molecule has 6 nitrogen and oxygen atoms in total. The zero-order valence-corrected chi connectivity index (χ0v) is 13.6. The molecule has 0 saturated carbocycles. The van der Waals surface area contributed by atoms with E-state index in [4.69, 9.17) is 4.42 Å². The van der Waals surface area contributed by atoms with Gasteiger partial charge in [-0.05, 0) is 29.8 Å². The zero-order valence-electron chi connectivity index (χ0n) is 12.8.